The van der Waals surface area contributed by atoms with Gasteiger partial charge >= 0.3 is 0 Å². The van der Waals surface area contributed by atoms with E-state index in [0.29, 0.717) is 0 Å². The standard InChI is InChI=1S/C20H23NO2/c1-14-8-6-12-19(15(14)2)23-16(3)20(22)21-13-7-10-17-9-4-5-11-18(17)21/h4-6,8-9,11-12,16H,7,10,13H2,1-3H3. The number of aryl methyl sites for hydroxylation is 2. The molecule has 2 aromatic rings. The number of hydrogen-bond donors (Lipinski definition) is 0. The van der Waals surface area contributed by atoms with Crippen molar-refractivity contribution in [2.24, 2.45) is 0 Å². The molecule has 0 N–H and O–H groups in total. The van der Waals surface area contributed by atoms with Gasteiger partial charge in [0.25, 0.3) is 5.91 Å². The third-order valence-electron chi connectivity index (χ3n) is 4.58. The van der Waals surface area contributed by atoms with Crippen LogP contribution in [0.2, 0.25) is 0 Å². The molecule has 0 radical (unpaired) electrons. The third-order valence-corrected chi connectivity index (χ3v) is 4.58. The number of ether oxygens (including phenoxy) is 1. The Morgan fingerprint density at radius 3 is 2.74 bits per heavy atom. The Morgan fingerprint density at radius 1 is 1.13 bits per heavy atom. The lowest BCUT2D eigenvalue weighted by molar-refractivity contribution is -0.124. The van der Waals surface area contributed by atoms with Crippen molar-refractivity contribution in [3.8, 4) is 5.75 Å². The van der Waals surface area contributed by atoms with Gasteiger partial charge < -0.3 is 9.64 Å². The van der Waals surface area contributed by atoms with Crippen LogP contribution >= 0.6 is 0 Å². The molecule has 0 spiro atoms. The quantitative estimate of drug-likeness (QED) is 0.856. The van der Waals surface area contributed by atoms with E-state index in [1.807, 2.05) is 49.1 Å². The van der Waals surface area contributed by atoms with Crippen LogP contribution in [0.15, 0.2) is 42.5 Å². The first-order valence-electron chi connectivity index (χ1n) is 8.20. The molecule has 2 aromatic carbocycles. The largest absolute Gasteiger partial charge is 0.481 e. The molecule has 3 heteroatoms. The summed E-state index contributed by atoms with van der Waals surface area (Å²) in [5.41, 5.74) is 4.53. The van der Waals surface area contributed by atoms with E-state index in [0.717, 1.165) is 36.4 Å². The maximum Gasteiger partial charge on any atom is 0.267 e. The van der Waals surface area contributed by atoms with Gasteiger partial charge in [-0.2, -0.15) is 0 Å². The minimum Gasteiger partial charge on any atom is -0.481 e. The van der Waals surface area contributed by atoms with Gasteiger partial charge in [-0.15, -0.1) is 0 Å². The number of para-hydroxylation sites is 1. The molecule has 3 rings (SSSR count). The highest BCUT2D eigenvalue weighted by molar-refractivity contribution is 5.97. The smallest absolute Gasteiger partial charge is 0.267 e. The monoisotopic (exact) mass is 309 g/mol. The Hall–Kier alpha value is -2.29. The van der Waals surface area contributed by atoms with Gasteiger partial charge in [0.15, 0.2) is 6.10 Å². The number of amides is 1. The highest BCUT2D eigenvalue weighted by Crippen LogP contribution is 2.28. The highest BCUT2D eigenvalue weighted by Gasteiger charge is 2.27. The van der Waals surface area contributed by atoms with Crippen LogP contribution < -0.4 is 9.64 Å². The molecule has 120 valence electrons. The summed E-state index contributed by atoms with van der Waals surface area (Å²) < 4.78 is 5.96. The summed E-state index contributed by atoms with van der Waals surface area (Å²) in [6.45, 7) is 6.67. The van der Waals surface area contributed by atoms with Crippen molar-refractivity contribution in [3.05, 3.63) is 59.2 Å². The Balaban J connectivity index is 1.80. The number of carbonyl (C=O) groups excluding carboxylic acids is 1. The Morgan fingerprint density at radius 2 is 1.91 bits per heavy atom. The van der Waals surface area contributed by atoms with E-state index >= 15 is 0 Å². The minimum atomic E-state index is -0.498. The van der Waals surface area contributed by atoms with Crippen molar-refractivity contribution < 1.29 is 9.53 Å². The first kappa shape index (κ1) is 15.6. The van der Waals surface area contributed by atoms with Crippen LogP contribution in [0, 0.1) is 13.8 Å². The zero-order valence-corrected chi connectivity index (χ0v) is 14.0. The molecular weight excluding hydrogens is 286 g/mol. The third kappa shape index (κ3) is 3.09. The second-order valence-electron chi connectivity index (χ2n) is 6.18. The van der Waals surface area contributed by atoms with Gasteiger partial charge in [-0.1, -0.05) is 30.3 Å². The van der Waals surface area contributed by atoms with Crippen LogP contribution in [0.4, 0.5) is 5.69 Å². The van der Waals surface area contributed by atoms with Gasteiger partial charge in [0.05, 0.1) is 0 Å². The minimum absolute atomic E-state index is 0.0260. The predicted molar refractivity (Wildman–Crippen MR) is 93.1 cm³/mol. The lowest BCUT2D eigenvalue weighted by atomic mass is 10.0. The van der Waals surface area contributed by atoms with Gasteiger partial charge in [-0.05, 0) is 62.4 Å². The number of nitrogens with zero attached hydrogens (tertiary/aromatic N) is 1. The van der Waals surface area contributed by atoms with Gasteiger partial charge in [-0.3, -0.25) is 4.79 Å². The number of fused-ring (bicyclic) bond motifs is 1. The molecular formula is C20H23NO2. The molecule has 1 unspecified atom stereocenters. The topological polar surface area (TPSA) is 29.5 Å². The summed E-state index contributed by atoms with van der Waals surface area (Å²) in [5.74, 6) is 0.814. The van der Waals surface area contributed by atoms with Gasteiger partial charge in [-0.25, -0.2) is 0 Å². The molecule has 1 heterocycles. The summed E-state index contributed by atoms with van der Waals surface area (Å²) in [6.07, 6.45) is 1.53. The van der Waals surface area contributed by atoms with Crippen LogP contribution in [-0.4, -0.2) is 18.6 Å². The summed E-state index contributed by atoms with van der Waals surface area (Å²) in [5, 5.41) is 0. The zero-order chi connectivity index (χ0) is 16.4. The van der Waals surface area contributed by atoms with E-state index in [-0.39, 0.29) is 5.91 Å². The van der Waals surface area contributed by atoms with E-state index in [1.165, 1.54) is 11.1 Å². The zero-order valence-electron chi connectivity index (χ0n) is 14.0. The summed E-state index contributed by atoms with van der Waals surface area (Å²) in [7, 11) is 0. The molecule has 1 atom stereocenters. The van der Waals surface area contributed by atoms with Gasteiger partial charge in [0.2, 0.25) is 0 Å². The molecule has 0 saturated carbocycles. The molecule has 0 fully saturated rings. The molecule has 0 bridgehead atoms. The number of anilines is 1. The Bertz CT molecular complexity index is 723. The fourth-order valence-corrected chi connectivity index (χ4v) is 3.07. The SMILES string of the molecule is Cc1cccc(OC(C)C(=O)N2CCCc3ccccc32)c1C. The van der Waals surface area contributed by atoms with E-state index < -0.39 is 6.10 Å². The molecule has 1 aliphatic rings. The maximum atomic E-state index is 12.9. The molecule has 1 amide bonds. The van der Waals surface area contributed by atoms with Crippen LogP contribution in [0.5, 0.6) is 5.75 Å². The molecule has 3 nitrogen and oxygen atoms in total. The predicted octanol–water partition coefficient (Wildman–Crippen LogP) is 4.05. The van der Waals surface area contributed by atoms with Gasteiger partial charge in [0, 0.05) is 12.2 Å². The van der Waals surface area contributed by atoms with E-state index in [1.54, 1.807) is 0 Å². The molecule has 23 heavy (non-hydrogen) atoms. The number of carbonyl (C=O) groups is 1. The van der Waals surface area contributed by atoms with Crippen molar-refractivity contribution in [2.75, 3.05) is 11.4 Å². The van der Waals surface area contributed by atoms with E-state index in [4.69, 9.17) is 4.74 Å². The fourth-order valence-electron chi connectivity index (χ4n) is 3.07. The highest BCUT2D eigenvalue weighted by atomic mass is 16.5. The summed E-state index contributed by atoms with van der Waals surface area (Å²) >= 11 is 0. The van der Waals surface area contributed by atoms with Crippen molar-refractivity contribution in [1.29, 1.82) is 0 Å². The fraction of sp³-hybridized carbons (Fsp3) is 0.350. The molecule has 0 saturated heterocycles. The second-order valence-corrected chi connectivity index (χ2v) is 6.18. The average Bonchev–Trinajstić information content (AvgIpc) is 2.57. The van der Waals surface area contributed by atoms with Crippen molar-refractivity contribution in [3.63, 3.8) is 0 Å². The van der Waals surface area contributed by atoms with Crippen LogP contribution in [0.25, 0.3) is 0 Å². The molecule has 0 aliphatic carbocycles. The van der Waals surface area contributed by atoms with Crippen LogP contribution in [-0.2, 0) is 11.2 Å². The van der Waals surface area contributed by atoms with Crippen LogP contribution in [0.1, 0.15) is 30.0 Å². The molecule has 0 aromatic heterocycles. The first-order valence-corrected chi connectivity index (χ1v) is 8.20. The lowest BCUT2D eigenvalue weighted by Crippen LogP contribution is -2.43. The van der Waals surface area contributed by atoms with E-state index in [2.05, 4.69) is 19.1 Å². The van der Waals surface area contributed by atoms with Crippen molar-refractivity contribution in [2.45, 2.75) is 39.7 Å². The first-order chi connectivity index (χ1) is 11.1. The number of rotatable bonds is 3. The van der Waals surface area contributed by atoms with Gasteiger partial charge in [0.1, 0.15) is 5.75 Å². The molecule has 1 aliphatic heterocycles. The average molecular weight is 309 g/mol. The Kier molecular flexibility index (Phi) is 4.37. The van der Waals surface area contributed by atoms with Crippen molar-refractivity contribution in [1.82, 2.24) is 0 Å². The lowest BCUT2D eigenvalue weighted by Gasteiger charge is -2.31. The summed E-state index contributed by atoms with van der Waals surface area (Å²) in [6, 6.07) is 14.1. The Labute approximate surface area is 137 Å². The maximum absolute atomic E-state index is 12.9. The normalized spacial score (nSPS) is 15.0. The summed E-state index contributed by atoms with van der Waals surface area (Å²) in [4.78, 5) is 14.7. The number of benzene rings is 2. The van der Waals surface area contributed by atoms with E-state index in [9.17, 15) is 4.79 Å². The second kappa shape index (κ2) is 6.45. The number of hydrogen-bond acceptors (Lipinski definition) is 2. The van der Waals surface area contributed by atoms with Crippen LogP contribution in [0.3, 0.4) is 0 Å². The van der Waals surface area contributed by atoms with Crippen molar-refractivity contribution >= 4 is 11.6 Å².